The fourth-order valence-electron chi connectivity index (χ4n) is 5.85. The zero-order chi connectivity index (χ0) is 28.3. The topological polar surface area (TPSA) is 69.4 Å². The molecule has 1 fully saturated rings. The van der Waals surface area contributed by atoms with Crippen LogP contribution in [0.4, 0.5) is 10.1 Å². The van der Waals surface area contributed by atoms with Crippen LogP contribution in [0.5, 0.6) is 0 Å². The van der Waals surface area contributed by atoms with Gasteiger partial charge in [-0.2, -0.15) is 9.49 Å². The zero-order valence-corrected chi connectivity index (χ0v) is 24.1. The molecule has 5 aromatic rings. The number of rotatable bonds is 8. The number of hydrogen-bond acceptors (Lipinski definition) is 4. The van der Waals surface area contributed by atoms with Gasteiger partial charge >= 0.3 is 0 Å². The van der Waals surface area contributed by atoms with Crippen molar-refractivity contribution < 1.29 is 4.39 Å². The van der Waals surface area contributed by atoms with E-state index < -0.39 is 0 Å². The number of anilines is 1. The summed E-state index contributed by atoms with van der Waals surface area (Å²) in [5.41, 5.74) is 7.58. The van der Waals surface area contributed by atoms with E-state index in [4.69, 9.17) is 0 Å². The highest BCUT2D eigenvalue weighted by Crippen LogP contribution is 2.35. The van der Waals surface area contributed by atoms with Gasteiger partial charge in [-0.3, -0.25) is 10.1 Å². The number of halogens is 1. The predicted octanol–water partition coefficient (Wildman–Crippen LogP) is 8.01. The molecule has 1 aliphatic carbocycles. The minimum absolute atomic E-state index is 0.195. The Hall–Kier alpha value is -4.23. The van der Waals surface area contributed by atoms with Gasteiger partial charge in [-0.25, -0.2) is 0 Å². The molecule has 0 unspecified atom stereocenters. The molecule has 4 aromatic heterocycles. The van der Waals surface area contributed by atoms with Crippen LogP contribution in [0.3, 0.4) is 0 Å². The number of thiophene rings is 1. The van der Waals surface area contributed by atoms with Crippen LogP contribution in [0, 0.1) is 11.0 Å². The summed E-state index contributed by atoms with van der Waals surface area (Å²) in [5.74, 6) is 0.724. The second-order valence-corrected chi connectivity index (χ2v) is 11.8. The minimum Gasteiger partial charge on any atom is -0.358 e. The van der Waals surface area contributed by atoms with Crippen LogP contribution in [0.15, 0.2) is 73.2 Å². The van der Waals surface area contributed by atoms with E-state index in [0.29, 0.717) is 0 Å². The first-order valence-corrected chi connectivity index (χ1v) is 15.0. The van der Waals surface area contributed by atoms with Crippen molar-refractivity contribution in [2.75, 3.05) is 5.32 Å². The van der Waals surface area contributed by atoms with Crippen LogP contribution in [0.25, 0.3) is 51.0 Å². The number of fused-ring (bicyclic) bond motifs is 1. The molecule has 0 radical (unpaired) electrons. The van der Waals surface area contributed by atoms with E-state index in [1.54, 1.807) is 0 Å². The monoisotopic (exact) mass is 563 g/mol. The summed E-state index contributed by atoms with van der Waals surface area (Å²) < 4.78 is 13.8. The molecule has 0 aliphatic heterocycles. The van der Waals surface area contributed by atoms with E-state index in [1.807, 2.05) is 43.6 Å². The lowest BCUT2D eigenvalue weighted by Crippen LogP contribution is -2.22. The van der Waals surface area contributed by atoms with E-state index >= 15 is 0 Å². The molecule has 0 atom stereocenters. The first kappa shape index (κ1) is 27.0. The largest absolute Gasteiger partial charge is 0.358 e. The quantitative estimate of drug-likeness (QED) is 0.179. The van der Waals surface area contributed by atoms with Crippen molar-refractivity contribution in [3.63, 3.8) is 0 Å². The van der Waals surface area contributed by atoms with Gasteiger partial charge in [0.15, 0.2) is 5.13 Å². The molecule has 1 saturated carbocycles. The third-order valence-corrected chi connectivity index (χ3v) is 8.81. The maximum Gasteiger partial charge on any atom is 0.176 e. The van der Waals surface area contributed by atoms with Crippen LogP contribution in [0.1, 0.15) is 51.0 Å². The maximum absolute atomic E-state index is 13.8. The summed E-state index contributed by atoms with van der Waals surface area (Å²) >= 11 is 1.15. The molecule has 3 N–H and O–H groups in total. The maximum atomic E-state index is 13.8. The van der Waals surface area contributed by atoms with E-state index in [9.17, 15) is 4.39 Å². The number of allylic oxidation sites excluding steroid dienone is 3. The second kappa shape index (κ2) is 11.7. The van der Waals surface area contributed by atoms with Crippen LogP contribution in [-0.4, -0.2) is 20.2 Å². The Balaban J connectivity index is 1.30. The highest BCUT2D eigenvalue weighted by Gasteiger charge is 2.16. The molecule has 0 bridgehead atoms. The lowest BCUT2D eigenvalue weighted by atomic mass is 9.86. The van der Waals surface area contributed by atoms with Crippen LogP contribution in [-0.2, 0) is 0 Å². The van der Waals surface area contributed by atoms with Crippen molar-refractivity contribution in [3.05, 3.63) is 94.5 Å². The van der Waals surface area contributed by atoms with Gasteiger partial charge in [0.2, 0.25) is 0 Å². The Morgan fingerprint density at radius 2 is 2.00 bits per heavy atom. The van der Waals surface area contributed by atoms with Gasteiger partial charge in [0.05, 0.1) is 22.9 Å². The van der Waals surface area contributed by atoms with Gasteiger partial charge in [-0.1, -0.05) is 63.5 Å². The zero-order valence-electron chi connectivity index (χ0n) is 23.3. The van der Waals surface area contributed by atoms with E-state index in [-0.39, 0.29) is 5.13 Å². The Morgan fingerprint density at radius 1 is 1.15 bits per heavy atom. The van der Waals surface area contributed by atoms with Crippen molar-refractivity contribution in [1.29, 1.82) is 0 Å². The lowest BCUT2D eigenvalue weighted by Gasteiger charge is -2.23. The average Bonchev–Trinajstić information content (AvgIpc) is 3.70. The first-order valence-electron chi connectivity index (χ1n) is 14.2. The third kappa shape index (κ3) is 5.81. The standard InChI is InChI=1S/C34H34FN5S/c1-4-24(25-16-26(20-36-19-25)37-21(2)15-23-9-6-5-7-10-23)17-28-22(3)39-40-34(28)31-18-29-27(11-8-12-30(29)38-31)32-13-14-33(35)41-32/h4,8,11-14,16-20,23,37-39H,2-3,5-7,9-10,15H2,1H3/b24-4+,28-17+. The number of hydrogen-bond donors (Lipinski definition) is 3. The second-order valence-electron chi connectivity index (χ2n) is 10.8. The van der Waals surface area contributed by atoms with Crippen molar-refractivity contribution >= 4 is 46.2 Å². The van der Waals surface area contributed by atoms with Crippen LogP contribution in [0.2, 0.25) is 0 Å². The summed E-state index contributed by atoms with van der Waals surface area (Å²) in [6, 6.07) is 13.5. The van der Waals surface area contributed by atoms with E-state index in [0.717, 1.165) is 89.5 Å². The molecule has 4 heterocycles. The summed E-state index contributed by atoms with van der Waals surface area (Å²) in [7, 11) is 0. The molecular weight excluding hydrogens is 529 g/mol. The predicted molar refractivity (Wildman–Crippen MR) is 170 cm³/mol. The fraction of sp³-hybridized carbons (Fsp3) is 0.235. The molecule has 0 saturated heterocycles. The number of H-pyrrole nitrogens is 2. The van der Waals surface area contributed by atoms with Crippen LogP contribution >= 0.6 is 11.3 Å². The highest BCUT2D eigenvalue weighted by atomic mass is 32.1. The van der Waals surface area contributed by atoms with Crippen LogP contribution < -0.4 is 15.9 Å². The SMILES string of the molecule is C=C(CC1CCCCC1)Nc1cncc(C(/C=c2/c(-c3cc4c(-c5ccc(F)s5)cccc4[nH]3)n[nH]c2=C)=C/C)c1. The molecule has 1 aromatic carbocycles. The van der Waals surface area contributed by atoms with Gasteiger partial charge in [-0.15, -0.1) is 11.3 Å². The normalized spacial score (nSPS) is 15.1. The number of aromatic nitrogens is 4. The Kier molecular flexibility index (Phi) is 7.70. The molecule has 1 aliphatic rings. The molecule has 208 valence electrons. The van der Waals surface area contributed by atoms with Crippen molar-refractivity contribution in [2.45, 2.75) is 45.4 Å². The fourth-order valence-corrected chi connectivity index (χ4v) is 6.62. The van der Waals surface area contributed by atoms with Gasteiger partial charge in [0.1, 0.15) is 5.69 Å². The number of nitrogens with one attached hydrogen (secondary N) is 3. The number of nitrogens with zero attached hydrogens (tertiary/aromatic N) is 2. The summed E-state index contributed by atoms with van der Waals surface area (Å²) in [6.45, 7) is 10.5. The van der Waals surface area contributed by atoms with Gasteiger partial charge in [0, 0.05) is 44.0 Å². The van der Waals surface area contributed by atoms with Crippen molar-refractivity contribution in [1.82, 2.24) is 20.2 Å². The minimum atomic E-state index is -0.195. The molecule has 0 spiro atoms. The van der Waals surface area contributed by atoms with Gasteiger partial charge in [0.25, 0.3) is 0 Å². The molecule has 5 nitrogen and oxygen atoms in total. The molecule has 7 heteroatoms. The Labute approximate surface area is 243 Å². The molecule has 41 heavy (non-hydrogen) atoms. The third-order valence-electron chi connectivity index (χ3n) is 7.90. The highest BCUT2D eigenvalue weighted by molar-refractivity contribution is 7.14. The molecule has 6 rings (SSSR count). The molecule has 0 amide bonds. The Bertz CT molecular complexity index is 1850. The first-order chi connectivity index (χ1) is 20.0. The van der Waals surface area contributed by atoms with Gasteiger partial charge in [-0.05, 0) is 61.2 Å². The smallest absolute Gasteiger partial charge is 0.176 e. The summed E-state index contributed by atoms with van der Waals surface area (Å²) in [6.07, 6.45) is 15.5. The van der Waals surface area contributed by atoms with Gasteiger partial charge < -0.3 is 10.3 Å². The van der Waals surface area contributed by atoms with Crippen molar-refractivity contribution in [2.24, 2.45) is 5.92 Å². The molecular formula is C34H34FN5S. The lowest BCUT2D eigenvalue weighted by molar-refractivity contribution is 0.357. The number of pyridine rings is 1. The Morgan fingerprint density at radius 3 is 2.78 bits per heavy atom. The van der Waals surface area contributed by atoms with E-state index in [2.05, 4.69) is 62.9 Å². The van der Waals surface area contributed by atoms with E-state index in [1.165, 1.54) is 38.2 Å². The van der Waals surface area contributed by atoms with Crippen molar-refractivity contribution in [3.8, 4) is 21.8 Å². The summed E-state index contributed by atoms with van der Waals surface area (Å²) in [4.78, 5) is 8.92. The number of aromatic amines is 2. The summed E-state index contributed by atoms with van der Waals surface area (Å²) in [5, 5.41) is 13.6. The average molecular weight is 564 g/mol. The number of benzene rings is 1.